The molecule has 3 atom stereocenters. The lowest BCUT2D eigenvalue weighted by atomic mass is 9.61. The van der Waals surface area contributed by atoms with E-state index in [1.807, 2.05) is 38.1 Å². The van der Waals surface area contributed by atoms with E-state index < -0.39 is 0 Å². The number of carbonyl (C=O) groups is 2. The number of benzene rings is 1. The minimum atomic E-state index is -0.349. The number of Topliss-reactive ketones (excluding diaryl/α,β-unsaturated/α-hetero) is 1. The second-order valence-corrected chi connectivity index (χ2v) is 7.37. The first-order valence-corrected chi connectivity index (χ1v) is 8.67. The van der Waals surface area contributed by atoms with Crippen LogP contribution in [0, 0.1) is 11.8 Å². The first-order valence-electron chi connectivity index (χ1n) is 7.79. The number of rotatable bonds is 4. The maximum atomic E-state index is 12.6. The van der Waals surface area contributed by atoms with Crippen LogP contribution in [-0.2, 0) is 14.3 Å². The Hall–Kier alpha value is -2.01. The molecule has 0 aromatic heterocycles. The molecule has 1 saturated carbocycles. The summed E-state index contributed by atoms with van der Waals surface area (Å²) >= 11 is 1.61. The third-order valence-corrected chi connectivity index (χ3v) is 5.88. The molecule has 24 heavy (non-hydrogen) atoms. The van der Waals surface area contributed by atoms with Crippen LogP contribution in [0.2, 0.25) is 0 Å². The Balaban J connectivity index is 1.95. The zero-order valence-corrected chi connectivity index (χ0v) is 15.0. The average Bonchev–Trinajstić information content (AvgIpc) is 2.54. The molecule has 0 spiro atoms. The second kappa shape index (κ2) is 6.48. The van der Waals surface area contributed by atoms with Crippen molar-refractivity contribution in [3.8, 4) is 5.75 Å². The summed E-state index contributed by atoms with van der Waals surface area (Å²) < 4.78 is 10.4. The maximum absolute atomic E-state index is 12.6. The van der Waals surface area contributed by atoms with E-state index in [-0.39, 0.29) is 34.4 Å². The van der Waals surface area contributed by atoms with Gasteiger partial charge in [-0.05, 0) is 37.6 Å². The molecule has 3 rings (SSSR count). The van der Waals surface area contributed by atoms with E-state index in [0.29, 0.717) is 0 Å². The number of methoxy groups -OCH3 is 2. The molecular weight excluding hydrogens is 324 g/mol. The quantitative estimate of drug-likeness (QED) is 0.784. The van der Waals surface area contributed by atoms with Gasteiger partial charge in [-0.1, -0.05) is 11.6 Å². The molecule has 0 saturated heterocycles. The standard InChI is InChI=1S/C19H20O4S/c1-10(2)15-16-13(20)9-14(23-4)18(21)17(16)19(15)24-12-7-5-6-11(8-12)22-3/h5-9,16-17,19H,1-4H3/t16-,17+,19-/m1/s1. The van der Waals surface area contributed by atoms with Crippen LogP contribution in [0.3, 0.4) is 0 Å². The number of thioether (sulfide) groups is 1. The minimum absolute atomic E-state index is 0.0323. The van der Waals surface area contributed by atoms with Crippen molar-refractivity contribution in [2.24, 2.45) is 11.8 Å². The Kier molecular flexibility index (Phi) is 4.54. The Morgan fingerprint density at radius 1 is 1.12 bits per heavy atom. The van der Waals surface area contributed by atoms with Crippen LogP contribution >= 0.6 is 11.8 Å². The molecule has 2 aliphatic carbocycles. The molecule has 0 radical (unpaired) electrons. The number of fused-ring (bicyclic) bond motifs is 1. The summed E-state index contributed by atoms with van der Waals surface area (Å²) in [7, 11) is 3.06. The molecule has 0 amide bonds. The zero-order chi connectivity index (χ0) is 17.4. The number of carbonyl (C=O) groups excluding carboxylic acids is 2. The lowest BCUT2D eigenvalue weighted by Crippen LogP contribution is -2.53. The van der Waals surface area contributed by atoms with E-state index in [1.165, 1.54) is 13.2 Å². The number of ether oxygens (including phenoxy) is 2. The van der Waals surface area contributed by atoms with Gasteiger partial charge < -0.3 is 9.47 Å². The molecule has 0 N–H and O–H groups in total. The van der Waals surface area contributed by atoms with Crippen LogP contribution in [0.25, 0.3) is 0 Å². The fourth-order valence-electron chi connectivity index (χ4n) is 3.41. The fraction of sp³-hybridized carbons (Fsp3) is 0.368. The van der Waals surface area contributed by atoms with Crippen molar-refractivity contribution in [3.05, 3.63) is 47.2 Å². The Morgan fingerprint density at radius 2 is 1.88 bits per heavy atom. The molecule has 2 aliphatic rings. The predicted octanol–water partition coefficient (Wildman–Crippen LogP) is 3.42. The summed E-state index contributed by atoms with van der Waals surface area (Å²) in [6, 6.07) is 7.75. The van der Waals surface area contributed by atoms with E-state index in [2.05, 4.69) is 0 Å². The zero-order valence-electron chi connectivity index (χ0n) is 14.2. The predicted molar refractivity (Wildman–Crippen MR) is 93.1 cm³/mol. The monoisotopic (exact) mass is 344 g/mol. The van der Waals surface area contributed by atoms with E-state index in [1.54, 1.807) is 18.9 Å². The third kappa shape index (κ3) is 2.67. The van der Waals surface area contributed by atoms with Crippen molar-refractivity contribution in [2.45, 2.75) is 24.0 Å². The molecule has 1 aromatic rings. The molecule has 0 bridgehead atoms. The third-order valence-electron chi connectivity index (χ3n) is 4.55. The van der Waals surface area contributed by atoms with Crippen molar-refractivity contribution in [1.82, 2.24) is 0 Å². The molecule has 0 unspecified atom stereocenters. The number of allylic oxidation sites excluding steroid dienone is 3. The lowest BCUT2D eigenvalue weighted by Gasteiger charge is -2.47. The van der Waals surface area contributed by atoms with Crippen LogP contribution in [0.4, 0.5) is 0 Å². The molecule has 0 aliphatic heterocycles. The Morgan fingerprint density at radius 3 is 2.50 bits per heavy atom. The second-order valence-electron chi connectivity index (χ2n) is 6.16. The Labute approximate surface area is 145 Å². The highest BCUT2D eigenvalue weighted by atomic mass is 32.2. The summed E-state index contributed by atoms with van der Waals surface area (Å²) in [6.45, 7) is 4.00. The molecule has 1 fully saturated rings. The van der Waals surface area contributed by atoms with Gasteiger partial charge in [0.15, 0.2) is 11.5 Å². The molecular formula is C19H20O4S. The van der Waals surface area contributed by atoms with E-state index >= 15 is 0 Å². The van der Waals surface area contributed by atoms with Gasteiger partial charge in [0.25, 0.3) is 0 Å². The van der Waals surface area contributed by atoms with Gasteiger partial charge in [0.1, 0.15) is 5.75 Å². The van der Waals surface area contributed by atoms with Crippen molar-refractivity contribution < 1.29 is 19.1 Å². The first-order chi connectivity index (χ1) is 11.5. The summed E-state index contributed by atoms with van der Waals surface area (Å²) in [5, 5.41) is -0.0394. The highest BCUT2D eigenvalue weighted by Gasteiger charge is 2.56. The van der Waals surface area contributed by atoms with Crippen LogP contribution in [-0.4, -0.2) is 31.0 Å². The highest BCUT2D eigenvalue weighted by Crippen LogP contribution is 2.54. The molecule has 126 valence electrons. The van der Waals surface area contributed by atoms with Crippen LogP contribution < -0.4 is 4.74 Å². The van der Waals surface area contributed by atoms with Gasteiger partial charge in [0, 0.05) is 16.2 Å². The van der Waals surface area contributed by atoms with Gasteiger partial charge in [0.2, 0.25) is 5.78 Å². The van der Waals surface area contributed by atoms with Gasteiger partial charge in [-0.15, -0.1) is 11.8 Å². The fourth-order valence-corrected chi connectivity index (χ4v) is 4.98. The van der Waals surface area contributed by atoms with E-state index in [4.69, 9.17) is 9.47 Å². The van der Waals surface area contributed by atoms with Crippen molar-refractivity contribution in [1.29, 1.82) is 0 Å². The minimum Gasteiger partial charge on any atom is -0.497 e. The molecule has 4 nitrogen and oxygen atoms in total. The lowest BCUT2D eigenvalue weighted by molar-refractivity contribution is -0.133. The molecule has 5 heteroatoms. The Bertz CT molecular complexity index is 758. The smallest absolute Gasteiger partial charge is 0.203 e. The van der Waals surface area contributed by atoms with E-state index in [0.717, 1.165) is 21.8 Å². The molecule has 0 heterocycles. The summed E-state index contributed by atoms with van der Waals surface area (Å²) in [4.78, 5) is 26.1. The van der Waals surface area contributed by atoms with Crippen molar-refractivity contribution in [3.63, 3.8) is 0 Å². The number of ketones is 2. The van der Waals surface area contributed by atoms with Gasteiger partial charge in [-0.25, -0.2) is 0 Å². The van der Waals surface area contributed by atoms with Gasteiger partial charge in [-0.2, -0.15) is 0 Å². The highest BCUT2D eigenvalue weighted by molar-refractivity contribution is 8.00. The van der Waals surface area contributed by atoms with Gasteiger partial charge in [-0.3, -0.25) is 9.59 Å². The maximum Gasteiger partial charge on any atom is 0.203 e. The van der Waals surface area contributed by atoms with Gasteiger partial charge in [0.05, 0.1) is 26.1 Å². The summed E-state index contributed by atoms with van der Waals surface area (Å²) in [6.07, 6.45) is 1.35. The summed E-state index contributed by atoms with van der Waals surface area (Å²) in [5.74, 6) is 0.161. The average molecular weight is 344 g/mol. The van der Waals surface area contributed by atoms with Crippen molar-refractivity contribution in [2.75, 3.05) is 14.2 Å². The SMILES string of the molecule is COC1=CC(=O)[C@@H]2C(=C(C)C)[C@@H](Sc3cccc(OC)c3)[C@@H]2C1=O. The van der Waals surface area contributed by atoms with Crippen LogP contribution in [0.5, 0.6) is 5.75 Å². The first kappa shape index (κ1) is 16.8. The van der Waals surface area contributed by atoms with Crippen molar-refractivity contribution >= 4 is 23.3 Å². The van der Waals surface area contributed by atoms with Crippen LogP contribution in [0.1, 0.15) is 13.8 Å². The van der Waals surface area contributed by atoms with Gasteiger partial charge >= 0.3 is 0 Å². The normalized spacial score (nSPS) is 25.6. The summed E-state index contributed by atoms with van der Waals surface area (Å²) in [5.41, 5.74) is 2.17. The number of hydrogen-bond acceptors (Lipinski definition) is 5. The largest absolute Gasteiger partial charge is 0.497 e. The van der Waals surface area contributed by atoms with E-state index in [9.17, 15) is 9.59 Å². The topological polar surface area (TPSA) is 52.6 Å². The van der Waals surface area contributed by atoms with Crippen LogP contribution in [0.15, 0.2) is 52.1 Å². The molecule has 1 aromatic carbocycles. The number of hydrogen-bond donors (Lipinski definition) is 0.